The Morgan fingerprint density at radius 2 is 1.81 bits per heavy atom. The molecule has 1 aliphatic rings. The average Bonchev–Trinajstić information content (AvgIpc) is 2.26. The van der Waals surface area contributed by atoms with Crippen LogP contribution in [-0.4, -0.2) is 45.7 Å². The van der Waals surface area contributed by atoms with Gasteiger partial charge in [-0.05, 0) is 25.3 Å². The Morgan fingerprint density at radius 1 is 1.19 bits per heavy atom. The van der Waals surface area contributed by atoms with Gasteiger partial charge in [-0.15, -0.1) is 0 Å². The van der Waals surface area contributed by atoms with Gasteiger partial charge in [0.15, 0.2) is 0 Å². The van der Waals surface area contributed by atoms with E-state index in [0.717, 1.165) is 12.5 Å². The van der Waals surface area contributed by atoms with Crippen molar-refractivity contribution in [2.45, 2.75) is 32.1 Å². The first kappa shape index (κ1) is 13.9. The number of rotatable bonds is 6. The van der Waals surface area contributed by atoms with E-state index in [1.54, 1.807) is 14.1 Å². The first-order valence-electron chi connectivity index (χ1n) is 6.13. The smallest absolute Gasteiger partial charge is 0.214 e. The van der Waals surface area contributed by atoms with Gasteiger partial charge in [-0.25, -0.2) is 12.7 Å². The highest BCUT2D eigenvalue weighted by Crippen LogP contribution is 2.22. The zero-order chi connectivity index (χ0) is 12.0. The van der Waals surface area contributed by atoms with Gasteiger partial charge in [0.05, 0.1) is 5.75 Å². The van der Waals surface area contributed by atoms with Gasteiger partial charge in [0, 0.05) is 20.6 Å². The van der Waals surface area contributed by atoms with E-state index in [1.165, 1.54) is 36.4 Å². The second-order valence-electron chi connectivity index (χ2n) is 4.81. The lowest BCUT2D eigenvalue weighted by atomic mass is 9.89. The van der Waals surface area contributed by atoms with Crippen LogP contribution in [0.15, 0.2) is 0 Å². The highest BCUT2D eigenvalue weighted by Gasteiger charge is 2.15. The first-order valence-corrected chi connectivity index (χ1v) is 7.74. The van der Waals surface area contributed by atoms with E-state index in [2.05, 4.69) is 5.32 Å². The van der Waals surface area contributed by atoms with Crippen molar-refractivity contribution in [2.75, 3.05) is 32.9 Å². The average molecular weight is 248 g/mol. The summed E-state index contributed by atoms with van der Waals surface area (Å²) in [5, 5.41) is 3.26. The van der Waals surface area contributed by atoms with E-state index < -0.39 is 10.0 Å². The van der Waals surface area contributed by atoms with Crippen molar-refractivity contribution in [3.63, 3.8) is 0 Å². The maximum absolute atomic E-state index is 11.5. The molecule has 0 unspecified atom stereocenters. The molecule has 16 heavy (non-hydrogen) atoms. The Bertz CT molecular complexity index is 282. The zero-order valence-electron chi connectivity index (χ0n) is 10.4. The molecule has 1 rings (SSSR count). The topological polar surface area (TPSA) is 49.4 Å². The minimum Gasteiger partial charge on any atom is -0.315 e. The summed E-state index contributed by atoms with van der Waals surface area (Å²) in [4.78, 5) is 0. The summed E-state index contributed by atoms with van der Waals surface area (Å²) in [6, 6.07) is 0. The molecule has 1 fully saturated rings. The maximum atomic E-state index is 11.5. The van der Waals surface area contributed by atoms with Gasteiger partial charge < -0.3 is 5.32 Å². The second-order valence-corrected chi connectivity index (χ2v) is 7.11. The van der Waals surface area contributed by atoms with Crippen molar-refractivity contribution in [1.29, 1.82) is 0 Å². The quantitative estimate of drug-likeness (QED) is 0.715. The van der Waals surface area contributed by atoms with Crippen LogP contribution in [0.2, 0.25) is 0 Å². The molecule has 4 nitrogen and oxygen atoms in total. The van der Waals surface area contributed by atoms with E-state index in [-0.39, 0.29) is 5.75 Å². The highest BCUT2D eigenvalue weighted by atomic mass is 32.2. The summed E-state index contributed by atoms with van der Waals surface area (Å²) < 4.78 is 24.2. The molecular formula is C11H24N2O2S. The minimum absolute atomic E-state index is 0.201. The Kier molecular flexibility index (Phi) is 5.72. The van der Waals surface area contributed by atoms with Gasteiger partial charge in [0.2, 0.25) is 10.0 Å². The van der Waals surface area contributed by atoms with Crippen LogP contribution in [0.25, 0.3) is 0 Å². The summed E-state index contributed by atoms with van der Waals surface area (Å²) >= 11 is 0. The molecule has 0 radical (unpaired) electrons. The Morgan fingerprint density at radius 3 is 2.38 bits per heavy atom. The van der Waals surface area contributed by atoms with Gasteiger partial charge >= 0.3 is 0 Å². The second kappa shape index (κ2) is 6.57. The SMILES string of the molecule is CN(C)S(=O)(=O)CCNCC1CCCCC1. The molecule has 0 aromatic carbocycles. The molecule has 1 N–H and O–H groups in total. The lowest BCUT2D eigenvalue weighted by Crippen LogP contribution is -2.33. The van der Waals surface area contributed by atoms with Crippen molar-refractivity contribution in [3.05, 3.63) is 0 Å². The predicted molar refractivity (Wildman–Crippen MR) is 66.9 cm³/mol. The van der Waals surface area contributed by atoms with E-state index >= 15 is 0 Å². The van der Waals surface area contributed by atoms with Crippen molar-refractivity contribution < 1.29 is 8.42 Å². The van der Waals surface area contributed by atoms with Crippen molar-refractivity contribution >= 4 is 10.0 Å². The van der Waals surface area contributed by atoms with Crippen LogP contribution >= 0.6 is 0 Å². The first-order chi connectivity index (χ1) is 7.52. The summed E-state index contributed by atoms with van der Waals surface area (Å²) in [7, 11) is 0.129. The highest BCUT2D eigenvalue weighted by molar-refractivity contribution is 7.89. The van der Waals surface area contributed by atoms with Gasteiger partial charge in [-0.2, -0.15) is 0 Å². The third-order valence-corrected chi connectivity index (χ3v) is 5.08. The van der Waals surface area contributed by atoms with E-state index in [9.17, 15) is 8.42 Å². The van der Waals surface area contributed by atoms with E-state index in [1.807, 2.05) is 0 Å². The van der Waals surface area contributed by atoms with Crippen LogP contribution in [0, 0.1) is 5.92 Å². The largest absolute Gasteiger partial charge is 0.315 e. The Hall–Kier alpha value is -0.130. The fraction of sp³-hybridized carbons (Fsp3) is 1.00. The third-order valence-electron chi connectivity index (χ3n) is 3.25. The molecule has 0 bridgehead atoms. The van der Waals surface area contributed by atoms with Crippen molar-refractivity contribution in [1.82, 2.24) is 9.62 Å². The molecule has 0 spiro atoms. The predicted octanol–water partition coefficient (Wildman–Crippen LogP) is 1.05. The summed E-state index contributed by atoms with van der Waals surface area (Å²) in [5.41, 5.74) is 0. The monoisotopic (exact) mass is 248 g/mol. The molecule has 0 heterocycles. The summed E-state index contributed by atoms with van der Waals surface area (Å²) in [6.07, 6.45) is 6.64. The zero-order valence-corrected chi connectivity index (χ0v) is 11.2. The molecular weight excluding hydrogens is 224 g/mol. The van der Waals surface area contributed by atoms with E-state index in [0.29, 0.717) is 6.54 Å². The molecule has 0 saturated heterocycles. The van der Waals surface area contributed by atoms with Crippen LogP contribution in [0.5, 0.6) is 0 Å². The lowest BCUT2D eigenvalue weighted by Gasteiger charge is -2.22. The number of sulfonamides is 1. The normalized spacial score (nSPS) is 19.2. The fourth-order valence-corrected chi connectivity index (χ4v) is 2.85. The molecule has 96 valence electrons. The molecule has 0 atom stereocenters. The number of hydrogen-bond donors (Lipinski definition) is 1. The molecule has 1 aliphatic carbocycles. The Labute approximate surface area is 99.5 Å². The van der Waals surface area contributed by atoms with Gasteiger partial charge in [0.25, 0.3) is 0 Å². The lowest BCUT2D eigenvalue weighted by molar-refractivity contribution is 0.345. The summed E-state index contributed by atoms with van der Waals surface area (Å²) in [5.74, 6) is 0.961. The van der Waals surface area contributed by atoms with Gasteiger partial charge in [-0.1, -0.05) is 19.3 Å². The summed E-state index contributed by atoms with van der Waals surface area (Å²) in [6.45, 7) is 1.54. The molecule has 0 aliphatic heterocycles. The maximum Gasteiger partial charge on any atom is 0.214 e. The van der Waals surface area contributed by atoms with Crippen LogP contribution in [0.3, 0.4) is 0 Å². The molecule has 1 saturated carbocycles. The number of nitrogens with one attached hydrogen (secondary N) is 1. The van der Waals surface area contributed by atoms with Crippen LogP contribution in [-0.2, 0) is 10.0 Å². The van der Waals surface area contributed by atoms with Crippen molar-refractivity contribution in [2.24, 2.45) is 5.92 Å². The van der Waals surface area contributed by atoms with Gasteiger partial charge in [-0.3, -0.25) is 0 Å². The molecule has 0 aromatic heterocycles. The van der Waals surface area contributed by atoms with Gasteiger partial charge in [0.1, 0.15) is 0 Å². The third kappa shape index (κ3) is 4.80. The molecule has 5 heteroatoms. The number of nitrogens with zero attached hydrogens (tertiary/aromatic N) is 1. The standard InChI is InChI=1S/C11H24N2O2S/c1-13(2)16(14,15)9-8-12-10-11-6-4-3-5-7-11/h11-12H,3-10H2,1-2H3. The van der Waals surface area contributed by atoms with Crippen LogP contribution in [0.4, 0.5) is 0 Å². The van der Waals surface area contributed by atoms with Crippen LogP contribution < -0.4 is 5.32 Å². The van der Waals surface area contributed by atoms with Crippen LogP contribution in [0.1, 0.15) is 32.1 Å². The molecule has 0 aromatic rings. The van der Waals surface area contributed by atoms with Crippen molar-refractivity contribution in [3.8, 4) is 0 Å². The fourth-order valence-electron chi connectivity index (χ4n) is 2.08. The molecule has 0 amide bonds. The minimum atomic E-state index is -3.03. The van der Waals surface area contributed by atoms with E-state index in [4.69, 9.17) is 0 Å². The Balaban J connectivity index is 2.11. The number of hydrogen-bond acceptors (Lipinski definition) is 3.